The van der Waals surface area contributed by atoms with Crippen LogP contribution >= 0.6 is 0 Å². The molecule has 2 radical (unpaired) electrons. The third-order valence-electron chi connectivity index (χ3n) is 10.2. The number of alkyl carbamates (subject to hydrolysis) is 2. The molecule has 6 N–H and O–H groups in total. The van der Waals surface area contributed by atoms with Crippen LogP contribution in [0.1, 0.15) is 51.4 Å². The summed E-state index contributed by atoms with van der Waals surface area (Å²) in [6.07, 6.45) is 2.30. The minimum atomic E-state index is -0.786. The first kappa shape index (κ1) is 45.3. The molecule has 0 aliphatic carbocycles. The van der Waals surface area contributed by atoms with Gasteiger partial charge in [0, 0.05) is 23.2 Å². The first-order valence-corrected chi connectivity index (χ1v) is 25.6. The third-order valence-corrected chi connectivity index (χ3v) is 12.7. The summed E-state index contributed by atoms with van der Waals surface area (Å²) < 4.78 is 9.51. The van der Waals surface area contributed by atoms with E-state index in [1.807, 2.05) is 46.0 Å². The Hall–Kier alpha value is -5.75. The molecule has 0 spiro atoms. The van der Waals surface area contributed by atoms with Crippen LogP contribution in [0.15, 0.2) is 73.1 Å². The maximum absolute atomic E-state index is 13.5. The lowest BCUT2D eigenvalue weighted by Crippen LogP contribution is -2.50. The monoisotopic (exact) mass is 850 g/mol. The molecule has 0 unspecified atom stereocenters. The molecule has 0 saturated carbocycles. The average molecular weight is 851 g/mol. The van der Waals surface area contributed by atoms with Crippen molar-refractivity contribution in [2.24, 2.45) is 11.8 Å². The fraction of sp³-hybridized carbons (Fsp3) is 0.409. The number of hydrogen-bond donors (Lipinski definition) is 6. The van der Waals surface area contributed by atoms with E-state index in [0.29, 0.717) is 11.6 Å². The van der Waals surface area contributed by atoms with Gasteiger partial charge in [-0.15, -0.1) is 0 Å². The van der Waals surface area contributed by atoms with Crippen LogP contribution in [0.5, 0.6) is 0 Å². The standard InChI is InChI=1S/C44H58N8O6Si2/c1-25(2)37(51-43(55)57-5)41(53)49-35(23-59(7)8)39-45-21-33(47-39)28-17-15-27(16-18-28)29-19-20-32(31-14-12-11-13-30(29)31)34-22-46-40(48-34)36(24-60(9)10)50-42(54)38(26(3)4)52-44(56)58-6/h11-22,25-26,35-38H,23-24H2,1-10H3,(H,45,47)(H,46,48)(H,49,53)(H,50,54)(H,51,55)(H,52,56)/t35-,36-,37-,38-/m0/s1. The zero-order valence-electron chi connectivity index (χ0n) is 36.2. The Labute approximate surface area is 355 Å². The van der Waals surface area contributed by atoms with Crippen LogP contribution in [-0.4, -0.2) is 87.8 Å². The first-order chi connectivity index (χ1) is 28.6. The van der Waals surface area contributed by atoms with Gasteiger partial charge in [-0.05, 0) is 51.4 Å². The van der Waals surface area contributed by atoms with E-state index in [-0.39, 0.29) is 35.7 Å². The van der Waals surface area contributed by atoms with Crippen molar-refractivity contribution in [2.45, 2.75) is 90.1 Å². The van der Waals surface area contributed by atoms with Gasteiger partial charge in [-0.3, -0.25) is 9.59 Å². The van der Waals surface area contributed by atoms with Crippen molar-refractivity contribution in [3.8, 4) is 33.6 Å². The fourth-order valence-corrected chi connectivity index (χ4v) is 9.36. The zero-order chi connectivity index (χ0) is 43.7. The van der Waals surface area contributed by atoms with Crippen LogP contribution in [0, 0.1) is 11.8 Å². The van der Waals surface area contributed by atoms with E-state index in [4.69, 9.17) is 19.4 Å². The number of nitrogens with one attached hydrogen (secondary N) is 6. The first-order valence-electron chi connectivity index (χ1n) is 20.2. The number of carbonyl (C=O) groups excluding carboxylic acids is 4. The SMILES string of the molecule is COC(=O)N[C@H](C(=O)N[C@@H](C[Si](C)C)c1ncc(-c2ccc(-c3ccc(-c4cnc([C@H](C[Si](C)C)NC(=O)[C@@H](NC(=O)OC)C(C)C)[nH]4)c4ccccc34)cc2)[nH]1)C(C)C. The van der Waals surface area contributed by atoms with Gasteiger partial charge < -0.3 is 40.7 Å². The van der Waals surface area contributed by atoms with Crippen molar-refractivity contribution in [3.05, 3.63) is 84.7 Å². The van der Waals surface area contributed by atoms with E-state index in [1.54, 1.807) is 6.20 Å². The van der Waals surface area contributed by atoms with Crippen molar-refractivity contribution in [1.29, 1.82) is 0 Å². The summed E-state index contributed by atoms with van der Waals surface area (Å²) >= 11 is 0. The molecule has 60 heavy (non-hydrogen) atoms. The maximum Gasteiger partial charge on any atom is 0.407 e. The van der Waals surface area contributed by atoms with Crippen LogP contribution in [-0.2, 0) is 19.1 Å². The summed E-state index contributed by atoms with van der Waals surface area (Å²) in [5.41, 5.74) is 5.71. The number of aromatic nitrogens is 4. The summed E-state index contributed by atoms with van der Waals surface area (Å²) in [6.45, 7) is 16.3. The van der Waals surface area contributed by atoms with Gasteiger partial charge in [0.1, 0.15) is 23.7 Å². The number of ether oxygens (including phenoxy) is 2. The molecule has 5 aromatic rings. The molecule has 4 atom stereocenters. The van der Waals surface area contributed by atoms with Crippen molar-refractivity contribution in [1.82, 2.24) is 41.2 Å². The lowest BCUT2D eigenvalue weighted by atomic mass is 9.93. The highest BCUT2D eigenvalue weighted by Crippen LogP contribution is 2.36. The molecule has 0 bridgehead atoms. The highest BCUT2D eigenvalue weighted by Gasteiger charge is 2.30. The van der Waals surface area contributed by atoms with Gasteiger partial charge in [0.2, 0.25) is 11.8 Å². The van der Waals surface area contributed by atoms with Crippen molar-refractivity contribution in [2.75, 3.05) is 14.2 Å². The molecular formula is C44H58N8O6Si2. The number of H-pyrrole nitrogens is 2. The van der Waals surface area contributed by atoms with E-state index in [0.717, 1.165) is 56.5 Å². The molecule has 2 heterocycles. The Morgan fingerprint density at radius 3 is 1.45 bits per heavy atom. The van der Waals surface area contributed by atoms with E-state index < -0.39 is 41.9 Å². The topological polar surface area (TPSA) is 192 Å². The molecule has 0 aliphatic rings. The number of rotatable bonds is 17. The van der Waals surface area contributed by atoms with Gasteiger partial charge in [-0.1, -0.05) is 115 Å². The summed E-state index contributed by atoms with van der Waals surface area (Å²) in [5, 5.41) is 13.7. The number of imidazole rings is 2. The minimum Gasteiger partial charge on any atom is -0.453 e. The lowest BCUT2D eigenvalue weighted by molar-refractivity contribution is -0.125. The van der Waals surface area contributed by atoms with Gasteiger partial charge >= 0.3 is 12.2 Å². The number of benzene rings is 3. The van der Waals surface area contributed by atoms with E-state index >= 15 is 0 Å². The molecule has 0 fully saturated rings. The maximum atomic E-state index is 13.5. The number of fused-ring (bicyclic) bond motifs is 1. The predicted octanol–water partition coefficient (Wildman–Crippen LogP) is 7.87. The molecule has 0 aliphatic heterocycles. The number of aromatic amines is 2. The second-order valence-corrected chi connectivity index (χ2v) is 22.0. The highest BCUT2D eigenvalue weighted by molar-refractivity contribution is 6.56. The fourth-order valence-electron chi connectivity index (χ4n) is 7.14. The quantitative estimate of drug-likeness (QED) is 0.0509. The summed E-state index contributed by atoms with van der Waals surface area (Å²) in [4.78, 5) is 67.2. The van der Waals surface area contributed by atoms with Crippen molar-refractivity contribution >= 4 is 52.4 Å². The Morgan fingerprint density at radius 2 is 1.00 bits per heavy atom. The van der Waals surface area contributed by atoms with E-state index in [1.165, 1.54) is 14.2 Å². The van der Waals surface area contributed by atoms with Gasteiger partial charge in [0.15, 0.2) is 0 Å². The minimum absolute atomic E-state index is 0.146. The van der Waals surface area contributed by atoms with Gasteiger partial charge in [0.05, 0.1) is 50.1 Å². The normalized spacial score (nSPS) is 13.6. The Bertz CT molecular complexity index is 2250. The number of carbonyl (C=O) groups is 4. The number of methoxy groups -OCH3 is 2. The molecule has 5 rings (SSSR count). The summed E-state index contributed by atoms with van der Waals surface area (Å²) in [5.74, 6) is 0.442. The summed E-state index contributed by atoms with van der Waals surface area (Å²) in [7, 11) is 0.998. The lowest BCUT2D eigenvalue weighted by Gasteiger charge is -2.25. The van der Waals surface area contributed by atoms with Crippen molar-refractivity contribution in [3.63, 3.8) is 0 Å². The van der Waals surface area contributed by atoms with Crippen LogP contribution in [0.4, 0.5) is 9.59 Å². The predicted molar refractivity (Wildman–Crippen MR) is 239 cm³/mol. The van der Waals surface area contributed by atoms with Crippen LogP contribution in [0.2, 0.25) is 38.3 Å². The number of hydrogen-bond acceptors (Lipinski definition) is 8. The molecule has 4 amide bonds. The Balaban J connectivity index is 1.38. The van der Waals surface area contributed by atoms with Crippen molar-refractivity contribution < 1.29 is 28.7 Å². The Morgan fingerprint density at radius 1 is 0.583 bits per heavy atom. The molecule has 0 saturated heterocycles. The van der Waals surface area contributed by atoms with E-state index in [2.05, 4.69) is 106 Å². The molecule has 2 aromatic heterocycles. The third kappa shape index (κ3) is 11.3. The molecular weight excluding hydrogens is 793 g/mol. The number of amides is 4. The second kappa shape index (κ2) is 20.5. The van der Waals surface area contributed by atoms with E-state index in [9.17, 15) is 19.2 Å². The van der Waals surface area contributed by atoms with Gasteiger partial charge in [0.25, 0.3) is 0 Å². The zero-order valence-corrected chi connectivity index (χ0v) is 38.2. The molecule has 318 valence electrons. The smallest absolute Gasteiger partial charge is 0.407 e. The highest BCUT2D eigenvalue weighted by atomic mass is 28.3. The number of nitrogens with zero attached hydrogens (tertiary/aromatic N) is 2. The van der Waals surface area contributed by atoms with Crippen LogP contribution in [0.3, 0.4) is 0 Å². The average Bonchev–Trinajstić information content (AvgIpc) is 3.92. The molecule has 16 heteroatoms. The van der Waals surface area contributed by atoms with Gasteiger partial charge in [-0.25, -0.2) is 19.6 Å². The van der Waals surface area contributed by atoms with Crippen LogP contribution < -0.4 is 21.3 Å². The summed E-state index contributed by atoms with van der Waals surface area (Å²) in [6, 6.07) is 20.1. The largest absolute Gasteiger partial charge is 0.453 e. The molecule has 3 aromatic carbocycles. The van der Waals surface area contributed by atoms with Gasteiger partial charge in [-0.2, -0.15) is 0 Å². The Kier molecular flexibility index (Phi) is 15.5. The second-order valence-electron chi connectivity index (χ2n) is 16.3. The van der Waals surface area contributed by atoms with Crippen LogP contribution in [0.25, 0.3) is 44.4 Å². The molecule has 14 nitrogen and oxygen atoms in total.